The fraction of sp³-hybridized carbons (Fsp3) is 0.125. The lowest BCUT2D eigenvalue weighted by Gasteiger charge is -2.03. The first-order chi connectivity index (χ1) is 6.00. The lowest BCUT2D eigenvalue weighted by atomic mass is 10.2. The van der Waals surface area contributed by atoms with Crippen LogP contribution in [-0.4, -0.2) is 5.96 Å². The molecule has 0 spiro atoms. The molecule has 1 aromatic carbocycles. The van der Waals surface area contributed by atoms with Crippen LogP contribution in [0.4, 0.5) is 5.69 Å². The second-order valence-corrected chi connectivity index (χ2v) is 3.85. The van der Waals surface area contributed by atoms with Gasteiger partial charge < -0.3 is 11.5 Å². The number of aryl methyl sites for hydroxylation is 1. The molecule has 3 nitrogen and oxygen atoms in total. The first kappa shape index (κ1) is 10.3. The summed E-state index contributed by atoms with van der Waals surface area (Å²) in [6, 6.07) is 3.57. The summed E-state index contributed by atoms with van der Waals surface area (Å²) in [5.74, 6) is 0.0292. The maximum atomic E-state index is 5.87. The van der Waals surface area contributed by atoms with E-state index in [4.69, 9.17) is 23.1 Å². The van der Waals surface area contributed by atoms with Gasteiger partial charge in [0.05, 0.1) is 10.7 Å². The molecule has 70 valence electrons. The number of hydrogen-bond acceptors (Lipinski definition) is 1. The Morgan fingerprint density at radius 3 is 2.62 bits per heavy atom. The Kier molecular flexibility index (Phi) is 3.17. The van der Waals surface area contributed by atoms with Gasteiger partial charge in [-0.25, -0.2) is 4.99 Å². The van der Waals surface area contributed by atoms with Gasteiger partial charge in [-0.3, -0.25) is 0 Å². The number of hydrogen-bond donors (Lipinski definition) is 2. The third-order valence-electron chi connectivity index (χ3n) is 1.49. The Hall–Kier alpha value is -0.740. The zero-order valence-corrected chi connectivity index (χ0v) is 9.35. The summed E-state index contributed by atoms with van der Waals surface area (Å²) in [4.78, 5) is 3.93. The predicted octanol–water partition coefficient (Wildman–Crippen LogP) is 2.32. The Morgan fingerprint density at radius 1 is 1.46 bits per heavy atom. The van der Waals surface area contributed by atoms with Crippen LogP contribution in [0.3, 0.4) is 0 Å². The van der Waals surface area contributed by atoms with Gasteiger partial charge in [-0.05, 0) is 40.5 Å². The van der Waals surface area contributed by atoms with E-state index < -0.39 is 0 Å². The molecule has 0 aromatic heterocycles. The van der Waals surface area contributed by atoms with Crippen molar-refractivity contribution in [3.8, 4) is 0 Å². The molecule has 0 atom stereocenters. The summed E-state index contributed by atoms with van der Waals surface area (Å²) in [5.41, 5.74) is 12.2. The number of benzene rings is 1. The zero-order chi connectivity index (χ0) is 10.0. The van der Waals surface area contributed by atoms with Crippen molar-refractivity contribution >= 4 is 39.2 Å². The lowest BCUT2D eigenvalue weighted by Crippen LogP contribution is -2.22. The number of halogens is 2. The number of aliphatic imine (C=N–C) groups is 1. The van der Waals surface area contributed by atoms with Crippen LogP contribution >= 0.6 is 27.5 Å². The predicted molar refractivity (Wildman–Crippen MR) is 59.4 cm³/mol. The van der Waals surface area contributed by atoms with Crippen molar-refractivity contribution in [2.75, 3.05) is 0 Å². The quantitative estimate of drug-likeness (QED) is 0.602. The molecule has 0 fully saturated rings. The van der Waals surface area contributed by atoms with Crippen molar-refractivity contribution in [1.29, 1.82) is 0 Å². The van der Waals surface area contributed by atoms with Gasteiger partial charge >= 0.3 is 0 Å². The van der Waals surface area contributed by atoms with Crippen molar-refractivity contribution in [3.63, 3.8) is 0 Å². The lowest BCUT2D eigenvalue weighted by molar-refractivity contribution is 1.35. The average molecular weight is 263 g/mol. The second kappa shape index (κ2) is 3.98. The maximum Gasteiger partial charge on any atom is 0.191 e. The minimum Gasteiger partial charge on any atom is -0.370 e. The zero-order valence-electron chi connectivity index (χ0n) is 7.01. The Morgan fingerprint density at radius 2 is 2.08 bits per heavy atom. The highest BCUT2D eigenvalue weighted by atomic mass is 79.9. The summed E-state index contributed by atoms with van der Waals surface area (Å²) in [5, 5.41) is 0.589. The molecular formula is C8H9BrClN3. The summed E-state index contributed by atoms with van der Waals surface area (Å²) >= 11 is 9.17. The van der Waals surface area contributed by atoms with E-state index in [0.29, 0.717) is 10.7 Å². The first-order valence-corrected chi connectivity index (χ1v) is 4.73. The fourth-order valence-corrected chi connectivity index (χ4v) is 1.51. The molecule has 0 aliphatic heterocycles. The molecule has 0 bridgehead atoms. The van der Waals surface area contributed by atoms with Crippen molar-refractivity contribution < 1.29 is 0 Å². The summed E-state index contributed by atoms with van der Waals surface area (Å²) < 4.78 is 0.834. The molecule has 0 unspecified atom stereocenters. The minimum absolute atomic E-state index is 0.0292. The summed E-state index contributed by atoms with van der Waals surface area (Å²) in [6.07, 6.45) is 0. The average Bonchev–Trinajstić information content (AvgIpc) is 1.99. The topological polar surface area (TPSA) is 64.4 Å². The molecule has 0 amide bonds. The highest BCUT2D eigenvalue weighted by molar-refractivity contribution is 9.10. The van der Waals surface area contributed by atoms with Crippen LogP contribution < -0.4 is 11.5 Å². The van der Waals surface area contributed by atoms with E-state index in [1.807, 2.05) is 13.0 Å². The van der Waals surface area contributed by atoms with Gasteiger partial charge in [-0.1, -0.05) is 11.6 Å². The van der Waals surface area contributed by atoms with Gasteiger partial charge in [-0.2, -0.15) is 0 Å². The normalized spacial score (nSPS) is 9.77. The molecule has 13 heavy (non-hydrogen) atoms. The van der Waals surface area contributed by atoms with Crippen LogP contribution in [0.1, 0.15) is 5.56 Å². The Bertz CT molecular complexity index is 359. The number of rotatable bonds is 1. The van der Waals surface area contributed by atoms with Crippen LogP contribution in [-0.2, 0) is 0 Å². The molecule has 5 heteroatoms. The van der Waals surface area contributed by atoms with E-state index in [1.54, 1.807) is 6.07 Å². The van der Waals surface area contributed by atoms with E-state index >= 15 is 0 Å². The molecule has 0 aliphatic carbocycles. The van der Waals surface area contributed by atoms with Crippen molar-refractivity contribution in [2.45, 2.75) is 6.92 Å². The van der Waals surface area contributed by atoms with Crippen LogP contribution in [0.5, 0.6) is 0 Å². The van der Waals surface area contributed by atoms with Gasteiger partial charge in [0.1, 0.15) is 0 Å². The van der Waals surface area contributed by atoms with Gasteiger partial charge in [-0.15, -0.1) is 0 Å². The molecule has 0 radical (unpaired) electrons. The largest absolute Gasteiger partial charge is 0.370 e. The van der Waals surface area contributed by atoms with Crippen LogP contribution in [0, 0.1) is 6.92 Å². The number of nitrogens with zero attached hydrogens (tertiary/aromatic N) is 1. The van der Waals surface area contributed by atoms with E-state index in [1.165, 1.54) is 0 Å². The van der Waals surface area contributed by atoms with Gasteiger partial charge in [0.15, 0.2) is 5.96 Å². The third kappa shape index (κ3) is 2.60. The van der Waals surface area contributed by atoms with Crippen molar-refractivity contribution in [3.05, 3.63) is 27.2 Å². The van der Waals surface area contributed by atoms with E-state index in [0.717, 1.165) is 10.0 Å². The Labute approximate surface area is 89.9 Å². The van der Waals surface area contributed by atoms with Crippen molar-refractivity contribution in [1.82, 2.24) is 0 Å². The standard InChI is InChI=1S/C8H9BrClN3/c1-4-2-5(9)6(10)3-7(4)13-8(11)12/h2-3H,1H3,(H4,11,12,13). The molecule has 0 saturated carbocycles. The molecular weight excluding hydrogens is 253 g/mol. The number of nitrogens with two attached hydrogens (primary N) is 2. The SMILES string of the molecule is Cc1cc(Br)c(Cl)cc1N=C(N)N. The van der Waals surface area contributed by atoms with E-state index in [9.17, 15) is 0 Å². The van der Waals surface area contributed by atoms with Gasteiger partial charge in [0.25, 0.3) is 0 Å². The molecule has 0 heterocycles. The van der Waals surface area contributed by atoms with Crippen LogP contribution in [0.2, 0.25) is 5.02 Å². The second-order valence-electron chi connectivity index (χ2n) is 2.59. The summed E-state index contributed by atoms with van der Waals surface area (Å²) in [6.45, 7) is 1.91. The van der Waals surface area contributed by atoms with Crippen molar-refractivity contribution in [2.24, 2.45) is 16.5 Å². The van der Waals surface area contributed by atoms with E-state index in [2.05, 4.69) is 20.9 Å². The van der Waals surface area contributed by atoms with E-state index in [-0.39, 0.29) is 5.96 Å². The number of guanidine groups is 1. The fourth-order valence-electron chi connectivity index (χ4n) is 0.895. The smallest absolute Gasteiger partial charge is 0.191 e. The highest BCUT2D eigenvalue weighted by Crippen LogP contribution is 2.30. The molecule has 0 aliphatic rings. The Balaban J connectivity index is 3.24. The molecule has 1 aromatic rings. The van der Waals surface area contributed by atoms with Gasteiger partial charge in [0, 0.05) is 4.47 Å². The molecule has 0 saturated heterocycles. The summed E-state index contributed by atoms with van der Waals surface area (Å²) in [7, 11) is 0. The maximum absolute atomic E-state index is 5.87. The minimum atomic E-state index is 0.0292. The highest BCUT2D eigenvalue weighted by Gasteiger charge is 2.02. The van der Waals surface area contributed by atoms with Crippen LogP contribution in [0.15, 0.2) is 21.6 Å². The van der Waals surface area contributed by atoms with Crippen LogP contribution in [0.25, 0.3) is 0 Å². The monoisotopic (exact) mass is 261 g/mol. The third-order valence-corrected chi connectivity index (χ3v) is 2.69. The first-order valence-electron chi connectivity index (χ1n) is 3.56. The molecule has 4 N–H and O–H groups in total. The molecule has 1 rings (SSSR count). The van der Waals surface area contributed by atoms with Gasteiger partial charge in [0.2, 0.25) is 0 Å².